The Labute approximate surface area is 186 Å². The Bertz CT molecular complexity index is 1020. The summed E-state index contributed by atoms with van der Waals surface area (Å²) in [5.74, 6) is -1.69. The van der Waals surface area contributed by atoms with Crippen LogP contribution in [-0.2, 0) is 4.79 Å². The van der Waals surface area contributed by atoms with Crippen molar-refractivity contribution in [2.24, 2.45) is 5.73 Å². The highest BCUT2D eigenvalue weighted by Gasteiger charge is 2.48. The molecule has 2 aliphatic rings. The third-order valence-corrected chi connectivity index (χ3v) is 6.88. The molecule has 2 aromatic carbocycles. The number of benzene rings is 2. The Morgan fingerprint density at radius 2 is 1.87 bits per heavy atom. The van der Waals surface area contributed by atoms with Crippen LogP contribution in [-0.4, -0.2) is 41.1 Å². The lowest BCUT2D eigenvalue weighted by molar-refractivity contribution is -0.141. The highest BCUT2D eigenvalue weighted by Crippen LogP contribution is 2.48. The molecule has 1 aliphatic carbocycles. The lowest BCUT2D eigenvalue weighted by Gasteiger charge is -2.48. The largest absolute Gasteiger partial charge is 0.497 e. The molecule has 1 heterocycles. The number of hydrogen-bond acceptors (Lipinski definition) is 4. The van der Waals surface area contributed by atoms with Gasteiger partial charge in [0.1, 0.15) is 11.7 Å². The molecule has 1 saturated carbocycles. The van der Waals surface area contributed by atoms with Gasteiger partial charge in [0.25, 0.3) is 5.91 Å². The van der Waals surface area contributed by atoms with E-state index >= 15 is 0 Å². The predicted octanol–water partition coefficient (Wildman–Crippen LogP) is 4.29. The van der Waals surface area contributed by atoms with Crippen LogP contribution in [0.25, 0.3) is 0 Å². The maximum Gasteiger partial charge on any atom is 0.313 e. The van der Waals surface area contributed by atoms with E-state index in [4.69, 9.17) is 22.1 Å². The van der Waals surface area contributed by atoms with Gasteiger partial charge in [-0.15, -0.1) is 0 Å². The molecule has 4 atom stereocenters. The van der Waals surface area contributed by atoms with Gasteiger partial charge >= 0.3 is 5.97 Å². The second-order valence-corrected chi connectivity index (χ2v) is 8.87. The van der Waals surface area contributed by atoms with Gasteiger partial charge in [-0.2, -0.15) is 0 Å². The number of ether oxygens (including phenoxy) is 1. The summed E-state index contributed by atoms with van der Waals surface area (Å²) in [5.41, 5.74) is 8.90. The quantitative estimate of drug-likeness (QED) is 0.736. The number of aryl methyl sites for hydroxylation is 1. The Kier molecular flexibility index (Phi) is 5.95. The van der Waals surface area contributed by atoms with Crippen molar-refractivity contribution in [3.05, 3.63) is 63.7 Å². The summed E-state index contributed by atoms with van der Waals surface area (Å²) in [4.78, 5) is 28.1. The number of nitrogens with two attached hydrogens (primary N) is 1. The fourth-order valence-corrected chi connectivity index (χ4v) is 5.37. The second kappa shape index (κ2) is 8.52. The standard InChI is InChI=1S/C24H27ClN2O4/c1-13-7-9-16(18(25)11-13)22-21(24(29)30)15-10-8-14(31-2)12-17(15)23(28)27(22)20-6-4-3-5-19(20)26/h7-12,19-22H,3-6,26H2,1-2H3,(H,29,30)/t19-,20-,21+,22-/m0/s1. The van der Waals surface area contributed by atoms with Gasteiger partial charge in [0.05, 0.1) is 13.2 Å². The van der Waals surface area contributed by atoms with Gasteiger partial charge in [-0.3, -0.25) is 9.59 Å². The van der Waals surface area contributed by atoms with Gasteiger partial charge in [0.2, 0.25) is 0 Å². The smallest absolute Gasteiger partial charge is 0.313 e. The highest BCUT2D eigenvalue weighted by atomic mass is 35.5. The van der Waals surface area contributed by atoms with Crippen molar-refractivity contribution in [1.82, 2.24) is 4.90 Å². The average Bonchev–Trinajstić information content (AvgIpc) is 2.74. The number of methoxy groups -OCH3 is 1. The zero-order valence-corrected chi connectivity index (χ0v) is 18.4. The minimum Gasteiger partial charge on any atom is -0.497 e. The van der Waals surface area contributed by atoms with Crippen LogP contribution in [0.3, 0.4) is 0 Å². The number of carboxylic acids is 1. The molecular formula is C24H27ClN2O4. The van der Waals surface area contributed by atoms with E-state index in [1.54, 1.807) is 23.1 Å². The number of carboxylic acid groups (broad SMARTS) is 1. The first-order valence-electron chi connectivity index (χ1n) is 10.6. The summed E-state index contributed by atoms with van der Waals surface area (Å²) in [6.07, 6.45) is 3.48. The second-order valence-electron chi connectivity index (χ2n) is 8.47. The van der Waals surface area contributed by atoms with Crippen LogP contribution in [0.2, 0.25) is 5.02 Å². The van der Waals surface area contributed by atoms with Gasteiger partial charge < -0.3 is 20.5 Å². The third kappa shape index (κ3) is 3.79. The van der Waals surface area contributed by atoms with Crippen molar-refractivity contribution in [2.75, 3.05) is 7.11 Å². The fourth-order valence-electron chi connectivity index (χ4n) is 5.03. The van der Waals surface area contributed by atoms with Gasteiger partial charge in [-0.1, -0.05) is 42.6 Å². The van der Waals surface area contributed by atoms with E-state index in [0.29, 0.717) is 27.5 Å². The zero-order chi connectivity index (χ0) is 22.3. The molecule has 1 amide bonds. The van der Waals surface area contributed by atoms with Crippen molar-refractivity contribution in [3.8, 4) is 5.75 Å². The molecule has 4 rings (SSSR count). The van der Waals surface area contributed by atoms with Gasteiger partial charge in [0.15, 0.2) is 0 Å². The SMILES string of the molecule is COc1ccc2c(c1)C(=O)N([C@H]1CCCC[C@@H]1N)[C@@H](c1ccc(C)cc1Cl)[C@@H]2C(=O)O. The van der Waals surface area contributed by atoms with Crippen LogP contribution < -0.4 is 10.5 Å². The number of rotatable bonds is 4. The van der Waals surface area contributed by atoms with Gasteiger partial charge in [-0.25, -0.2) is 0 Å². The van der Waals surface area contributed by atoms with Crippen LogP contribution in [0, 0.1) is 6.92 Å². The van der Waals surface area contributed by atoms with E-state index in [9.17, 15) is 14.7 Å². The van der Waals surface area contributed by atoms with Crippen LogP contribution in [0.15, 0.2) is 36.4 Å². The van der Waals surface area contributed by atoms with Crippen molar-refractivity contribution < 1.29 is 19.4 Å². The van der Waals surface area contributed by atoms with E-state index in [1.165, 1.54) is 7.11 Å². The molecule has 7 heteroatoms. The first kappa shape index (κ1) is 21.7. The summed E-state index contributed by atoms with van der Waals surface area (Å²) in [6.45, 7) is 1.92. The van der Waals surface area contributed by atoms with Crippen LogP contribution in [0.5, 0.6) is 5.75 Å². The lowest BCUT2D eigenvalue weighted by Crippen LogP contribution is -2.56. The Hall–Kier alpha value is -2.57. The Morgan fingerprint density at radius 1 is 1.16 bits per heavy atom. The van der Waals surface area contributed by atoms with Crippen LogP contribution >= 0.6 is 11.6 Å². The number of nitrogens with zero attached hydrogens (tertiary/aromatic N) is 1. The number of carbonyl (C=O) groups excluding carboxylic acids is 1. The lowest BCUT2D eigenvalue weighted by atomic mass is 9.76. The Balaban J connectivity index is 1.96. The van der Waals surface area contributed by atoms with E-state index in [2.05, 4.69) is 0 Å². The van der Waals surface area contributed by atoms with E-state index in [1.807, 2.05) is 25.1 Å². The first-order chi connectivity index (χ1) is 14.8. The van der Waals surface area contributed by atoms with E-state index < -0.39 is 17.9 Å². The zero-order valence-electron chi connectivity index (χ0n) is 17.7. The first-order valence-corrected chi connectivity index (χ1v) is 11.0. The summed E-state index contributed by atoms with van der Waals surface area (Å²) < 4.78 is 5.31. The highest BCUT2D eigenvalue weighted by molar-refractivity contribution is 6.31. The maximum atomic E-state index is 13.8. The Morgan fingerprint density at radius 3 is 2.52 bits per heavy atom. The van der Waals surface area contributed by atoms with Crippen molar-refractivity contribution in [1.29, 1.82) is 0 Å². The molecule has 2 aromatic rings. The molecule has 0 aromatic heterocycles. The molecule has 1 aliphatic heterocycles. The number of hydrogen-bond donors (Lipinski definition) is 2. The molecule has 6 nitrogen and oxygen atoms in total. The molecular weight excluding hydrogens is 416 g/mol. The minimum atomic E-state index is -1.00. The normalized spacial score (nSPS) is 25.8. The van der Waals surface area contributed by atoms with E-state index in [0.717, 1.165) is 31.2 Å². The summed E-state index contributed by atoms with van der Waals surface area (Å²) in [6, 6.07) is 9.32. The predicted molar refractivity (Wildman–Crippen MR) is 119 cm³/mol. The number of halogens is 1. The maximum absolute atomic E-state index is 13.8. The molecule has 0 saturated heterocycles. The van der Waals surface area contributed by atoms with Crippen molar-refractivity contribution in [3.63, 3.8) is 0 Å². The number of aliphatic carboxylic acids is 1. The summed E-state index contributed by atoms with van der Waals surface area (Å²) in [5, 5.41) is 10.8. The number of fused-ring (bicyclic) bond motifs is 1. The molecule has 0 bridgehead atoms. The van der Waals surface area contributed by atoms with Crippen LogP contribution in [0.1, 0.15) is 64.7 Å². The molecule has 3 N–H and O–H groups in total. The molecule has 31 heavy (non-hydrogen) atoms. The monoisotopic (exact) mass is 442 g/mol. The van der Waals surface area contributed by atoms with Crippen molar-refractivity contribution >= 4 is 23.5 Å². The van der Waals surface area contributed by atoms with Gasteiger partial charge in [-0.05, 0) is 54.7 Å². The van der Waals surface area contributed by atoms with Crippen LogP contribution in [0.4, 0.5) is 0 Å². The fraction of sp³-hybridized carbons (Fsp3) is 0.417. The number of amides is 1. The summed E-state index contributed by atoms with van der Waals surface area (Å²) >= 11 is 6.61. The summed E-state index contributed by atoms with van der Waals surface area (Å²) in [7, 11) is 1.52. The molecule has 0 radical (unpaired) electrons. The molecule has 164 valence electrons. The van der Waals surface area contributed by atoms with Crippen molar-refractivity contribution in [2.45, 2.75) is 56.7 Å². The van der Waals surface area contributed by atoms with Gasteiger partial charge in [0, 0.05) is 22.7 Å². The number of carbonyl (C=O) groups is 2. The third-order valence-electron chi connectivity index (χ3n) is 6.56. The molecule has 1 fully saturated rings. The topological polar surface area (TPSA) is 92.9 Å². The minimum absolute atomic E-state index is 0.217. The average molecular weight is 443 g/mol. The molecule has 0 unspecified atom stereocenters. The molecule has 0 spiro atoms. The van der Waals surface area contributed by atoms with E-state index in [-0.39, 0.29) is 18.0 Å².